The SMILES string of the molecule is C=C1C=CN([C@@H]2O[C@H](CO[P@@](=O)(N[C@@H](C)C(=O)OC3CC3)Oc3ccccc3)[C@@H](O)[C@@]2(C)F)C(=O)C1. The van der Waals surface area contributed by atoms with Crippen molar-refractivity contribution in [3.05, 3.63) is 54.8 Å². The fraction of sp³-hybridized carbons (Fsp3) is 0.500. The molecule has 0 aromatic heterocycles. The Morgan fingerprint density at radius 2 is 2.08 bits per heavy atom. The van der Waals surface area contributed by atoms with E-state index in [4.69, 9.17) is 18.5 Å². The second-order valence-corrected chi connectivity index (χ2v) is 11.0. The summed E-state index contributed by atoms with van der Waals surface area (Å²) in [5.41, 5.74) is -1.79. The van der Waals surface area contributed by atoms with E-state index in [-0.39, 0.29) is 18.3 Å². The van der Waals surface area contributed by atoms with Crippen LogP contribution in [0.4, 0.5) is 4.39 Å². The fourth-order valence-corrected chi connectivity index (χ4v) is 5.30. The van der Waals surface area contributed by atoms with Gasteiger partial charge in [0, 0.05) is 6.20 Å². The smallest absolute Gasteiger partial charge is 0.459 e. The van der Waals surface area contributed by atoms with Crippen LogP contribution in [0.2, 0.25) is 0 Å². The number of aliphatic hydroxyl groups is 1. The van der Waals surface area contributed by atoms with E-state index in [9.17, 15) is 19.3 Å². The summed E-state index contributed by atoms with van der Waals surface area (Å²) >= 11 is 0. The standard InChI is InChI=1S/C24H30FN2O8P/c1-15-11-12-27(20(28)13-15)23-24(3,25)21(29)19(34-23)14-32-36(31,35-18-7-5-4-6-8-18)26-16(2)22(30)33-17-9-10-17/h4-8,11-12,16-17,19,21,23,29H,1,9-10,13-14H2,2-3H3,(H,26,31)/t16-,19+,21+,23+,24+,36-/m0/s1. The molecule has 36 heavy (non-hydrogen) atoms. The van der Waals surface area contributed by atoms with Crippen molar-refractivity contribution in [2.24, 2.45) is 0 Å². The summed E-state index contributed by atoms with van der Waals surface area (Å²) in [6.07, 6.45) is -0.143. The van der Waals surface area contributed by atoms with Gasteiger partial charge >= 0.3 is 13.7 Å². The van der Waals surface area contributed by atoms with Crippen molar-refractivity contribution in [1.29, 1.82) is 0 Å². The highest BCUT2D eigenvalue weighted by Crippen LogP contribution is 2.47. The number of hydrogen-bond donors (Lipinski definition) is 2. The van der Waals surface area contributed by atoms with Gasteiger partial charge < -0.3 is 19.1 Å². The molecule has 2 aliphatic heterocycles. The van der Waals surface area contributed by atoms with Gasteiger partial charge in [-0.3, -0.25) is 19.0 Å². The molecule has 0 unspecified atom stereocenters. The highest BCUT2D eigenvalue weighted by atomic mass is 31.2. The number of nitrogens with one attached hydrogen (secondary N) is 1. The summed E-state index contributed by atoms with van der Waals surface area (Å²) in [5, 5.41) is 13.2. The van der Waals surface area contributed by atoms with Gasteiger partial charge in [0.25, 0.3) is 0 Å². The van der Waals surface area contributed by atoms with E-state index in [1.807, 2.05) is 0 Å². The van der Waals surface area contributed by atoms with Gasteiger partial charge in [0.05, 0.1) is 13.0 Å². The minimum Gasteiger partial charge on any atom is -0.461 e. The minimum atomic E-state index is -4.24. The number of esters is 1. The number of carbonyl (C=O) groups excluding carboxylic acids is 2. The van der Waals surface area contributed by atoms with Crippen LogP contribution in [-0.4, -0.2) is 64.7 Å². The Labute approximate surface area is 208 Å². The minimum absolute atomic E-state index is 0.0113. The van der Waals surface area contributed by atoms with Crippen molar-refractivity contribution in [2.75, 3.05) is 6.61 Å². The van der Waals surface area contributed by atoms with Gasteiger partial charge in [0.15, 0.2) is 11.9 Å². The van der Waals surface area contributed by atoms with Crippen molar-refractivity contribution in [3.8, 4) is 5.75 Å². The number of para-hydroxylation sites is 1. The molecule has 1 aliphatic carbocycles. The second kappa shape index (κ2) is 10.4. The highest BCUT2D eigenvalue weighted by molar-refractivity contribution is 7.52. The van der Waals surface area contributed by atoms with Crippen LogP contribution in [0, 0.1) is 0 Å². The Kier molecular flexibility index (Phi) is 7.68. The number of ether oxygens (including phenoxy) is 2. The van der Waals surface area contributed by atoms with Gasteiger partial charge in [-0.2, -0.15) is 5.09 Å². The van der Waals surface area contributed by atoms with Crippen LogP contribution in [0.3, 0.4) is 0 Å². The summed E-state index contributed by atoms with van der Waals surface area (Å²) in [7, 11) is -4.24. The summed E-state index contributed by atoms with van der Waals surface area (Å²) < 4.78 is 51.1. The summed E-state index contributed by atoms with van der Waals surface area (Å²) in [6.45, 7) is 5.72. The van der Waals surface area contributed by atoms with Crippen LogP contribution in [0.15, 0.2) is 54.8 Å². The maximum Gasteiger partial charge on any atom is 0.459 e. The van der Waals surface area contributed by atoms with Crippen LogP contribution in [0.1, 0.15) is 33.1 Å². The number of hydrogen-bond acceptors (Lipinski definition) is 8. The molecule has 6 atom stereocenters. The van der Waals surface area contributed by atoms with Crippen LogP contribution < -0.4 is 9.61 Å². The summed E-state index contributed by atoms with van der Waals surface area (Å²) in [5.74, 6) is -0.863. The average molecular weight is 524 g/mol. The van der Waals surface area contributed by atoms with Crippen LogP contribution in [0.5, 0.6) is 5.75 Å². The molecule has 2 N–H and O–H groups in total. The zero-order valence-corrected chi connectivity index (χ0v) is 20.9. The van der Waals surface area contributed by atoms with E-state index in [0.29, 0.717) is 5.57 Å². The van der Waals surface area contributed by atoms with E-state index < -0.39 is 56.4 Å². The third-order valence-corrected chi connectivity index (χ3v) is 7.64. The number of amides is 1. The van der Waals surface area contributed by atoms with Gasteiger partial charge in [-0.05, 0) is 50.5 Å². The topological polar surface area (TPSA) is 124 Å². The first-order valence-corrected chi connectivity index (χ1v) is 13.2. The first kappa shape index (κ1) is 26.5. The van der Waals surface area contributed by atoms with E-state index >= 15 is 4.39 Å². The maximum atomic E-state index is 15.5. The third-order valence-electron chi connectivity index (χ3n) is 6.00. The van der Waals surface area contributed by atoms with E-state index in [1.165, 1.54) is 13.1 Å². The monoisotopic (exact) mass is 524 g/mol. The van der Waals surface area contributed by atoms with Gasteiger partial charge in [0.1, 0.15) is 30.1 Å². The first-order chi connectivity index (χ1) is 17.0. The molecule has 0 spiro atoms. The fourth-order valence-electron chi connectivity index (χ4n) is 3.80. The number of halogens is 1. The third kappa shape index (κ3) is 6.04. The van der Waals surface area contributed by atoms with Gasteiger partial charge in [0.2, 0.25) is 5.91 Å². The maximum absolute atomic E-state index is 15.5. The van der Waals surface area contributed by atoms with E-state index in [0.717, 1.165) is 24.7 Å². The number of allylic oxidation sites excluding steroid dienone is 1. The molecule has 2 fully saturated rings. The molecular formula is C24H30FN2O8P. The molecule has 12 heteroatoms. The number of aliphatic hydroxyl groups excluding tert-OH is 1. The number of benzene rings is 1. The molecule has 1 aromatic rings. The predicted octanol–water partition coefficient (Wildman–Crippen LogP) is 2.99. The van der Waals surface area contributed by atoms with E-state index in [1.54, 1.807) is 36.4 Å². The zero-order chi connectivity index (χ0) is 26.1. The van der Waals surface area contributed by atoms with Crippen LogP contribution in [0.25, 0.3) is 0 Å². The largest absolute Gasteiger partial charge is 0.461 e. The molecule has 2 heterocycles. The van der Waals surface area contributed by atoms with Crippen molar-refractivity contribution in [1.82, 2.24) is 9.99 Å². The normalized spacial score (nSPS) is 30.7. The highest BCUT2D eigenvalue weighted by Gasteiger charge is 2.57. The molecule has 196 valence electrons. The molecule has 0 bridgehead atoms. The molecule has 1 saturated heterocycles. The number of rotatable bonds is 10. The predicted molar refractivity (Wildman–Crippen MR) is 126 cm³/mol. The summed E-state index contributed by atoms with van der Waals surface area (Å²) in [4.78, 5) is 25.8. The lowest BCUT2D eigenvalue weighted by atomic mass is 9.97. The number of carbonyl (C=O) groups is 2. The van der Waals surface area contributed by atoms with Crippen molar-refractivity contribution in [2.45, 2.75) is 69.4 Å². The summed E-state index contributed by atoms with van der Waals surface area (Å²) in [6, 6.07) is 7.10. The molecular weight excluding hydrogens is 494 g/mol. The molecule has 3 aliphatic rings. The zero-order valence-electron chi connectivity index (χ0n) is 20.0. The lowest BCUT2D eigenvalue weighted by Crippen LogP contribution is -2.50. The van der Waals surface area contributed by atoms with E-state index in [2.05, 4.69) is 11.7 Å². The number of alkyl halides is 1. The van der Waals surface area contributed by atoms with Gasteiger partial charge in [-0.1, -0.05) is 24.8 Å². The molecule has 0 radical (unpaired) electrons. The van der Waals surface area contributed by atoms with Crippen molar-refractivity contribution < 1.29 is 42.2 Å². The second-order valence-electron chi connectivity index (χ2n) is 9.26. The quantitative estimate of drug-likeness (QED) is 0.351. The van der Waals surface area contributed by atoms with Crippen LogP contribution >= 0.6 is 7.75 Å². The lowest BCUT2D eigenvalue weighted by Gasteiger charge is -2.33. The average Bonchev–Trinajstić information content (AvgIpc) is 3.60. The van der Waals surface area contributed by atoms with Crippen LogP contribution in [-0.2, 0) is 28.2 Å². The van der Waals surface area contributed by atoms with Gasteiger partial charge in [-0.15, -0.1) is 0 Å². The Hall–Kier alpha value is -2.56. The Balaban J connectivity index is 1.47. The Bertz CT molecular complexity index is 1080. The molecule has 4 rings (SSSR count). The lowest BCUT2D eigenvalue weighted by molar-refractivity contribution is -0.148. The Morgan fingerprint density at radius 1 is 1.39 bits per heavy atom. The molecule has 10 nitrogen and oxygen atoms in total. The van der Waals surface area contributed by atoms with Crippen molar-refractivity contribution >= 4 is 19.6 Å². The number of nitrogens with zero attached hydrogens (tertiary/aromatic N) is 1. The van der Waals surface area contributed by atoms with Gasteiger partial charge in [-0.25, -0.2) is 8.96 Å². The first-order valence-electron chi connectivity index (χ1n) is 11.7. The molecule has 1 amide bonds. The molecule has 1 aromatic carbocycles. The van der Waals surface area contributed by atoms with Crippen molar-refractivity contribution in [3.63, 3.8) is 0 Å². The molecule has 1 saturated carbocycles. The Morgan fingerprint density at radius 3 is 2.72 bits per heavy atom.